The molecule has 152 valence electrons. The van der Waals surface area contributed by atoms with E-state index in [0.29, 0.717) is 5.56 Å². The molecule has 0 spiro atoms. The highest BCUT2D eigenvalue weighted by atomic mass is 16.5. The van der Waals surface area contributed by atoms with E-state index in [2.05, 4.69) is 15.5 Å². The number of aromatic hydroxyl groups is 1. The molecule has 0 aliphatic heterocycles. The lowest BCUT2D eigenvalue weighted by atomic mass is 9.84. The zero-order chi connectivity index (χ0) is 20.9. The van der Waals surface area contributed by atoms with Crippen molar-refractivity contribution in [3.63, 3.8) is 0 Å². The maximum Gasteiger partial charge on any atom is 0.408 e. The summed E-state index contributed by atoms with van der Waals surface area (Å²) in [6.07, 6.45) is 0.867. The van der Waals surface area contributed by atoms with E-state index >= 15 is 0 Å². The number of phenols is 1. The molecule has 0 aliphatic rings. The molecule has 1 heterocycles. The van der Waals surface area contributed by atoms with E-state index in [4.69, 9.17) is 9.15 Å². The molecule has 3 rings (SSSR count). The van der Waals surface area contributed by atoms with E-state index in [1.807, 2.05) is 69.3 Å². The molecule has 7 nitrogen and oxygen atoms in total. The number of para-hydroxylation sites is 1. The standard InChI is InChI=1S/C22H25N3O4/c1-22(2,3)17-11-7-10-16(19(17)26)12-18(20-25-23-14-29-20)24-21(27)28-13-15-8-5-4-6-9-15/h4-11,14,18,26H,12-13H2,1-3H3,(H,24,27). The summed E-state index contributed by atoms with van der Waals surface area (Å²) >= 11 is 0. The Kier molecular flexibility index (Phi) is 6.16. The van der Waals surface area contributed by atoms with Gasteiger partial charge < -0.3 is 19.6 Å². The van der Waals surface area contributed by atoms with E-state index < -0.39 is 12.1 Å². The van der Waals surface area contributed by atoms with Crippen LogP contribution in [0, 0.1) is 0 Å². The summed E-state index contributed by atoms with van der Waals surface area (Å²) in [5.74, 6) is 0.436. The van der Waals surface area contributed by atoms with Gasteiger partial charge in [-0.05, 0) is 22.1 Å². The van der Waals surface area contributed by atoms with Crippen LogP contribution in [0.4, 0.5) is 4.79 Å². The topological polar surface area (TPSA) is 97.5 Å². The second kappa shape index (κ2) is 8.77. The van der Waals surface area contributed by atoms with Gasteiger partial charge in [0, 0.05) is 6.42 Å². The second-order valence-electron chi connectivity index (χ2n) is 7.80. The first-order valence-electron chi connectivity index (χ1n) is 9.39. The smallest absolute Gasteiger partial charge is 0.408 e. The number of hydrogen-bond acceptors (Lipinski definition) is 6. The van der Waals surface area contributed by atoms with Crippen molar-refractivity contribution in [3.05, 3.63) is 77.5 Å². The van der Waals surface area contributed by atoms with Crippen molar-refractivity contribution in [2.24, 2.45) is 0 Å². The summed E-state index contributed by atoms with van der Waals surface area (Å²) in [7, 11) is 0. The lowest BCUT2D eigenvalue weighted by Crippen LogP contribution is -2.31. The molecular formula is C22H25N3O4. The van der Waals surface area contributed by atoms with Crippen LogP contribution < -0.4 is 5.32 Å². The fourth-order valence-electron chi connectivity index (χ4n) is 3.02. The van der Waals surface area contributed by atoms with Gasteiger partial charge in [0.05, 0.1) is 0 Å². The van der Waals surface area contributed by atoms with Crippen molar-refractivity contribution in [1.29, 1.82) is 0 Å². The van der Waals surface area contributed by atoms with Gasteiger partial charge in [0.1, 0.15) is 18.4 Å². The van der Waals surface area contributed by atoms with Gasteiger partial charge in [0.15, 0.2) is 0 Å². The highest BCUT2D eigenvalue weighted by molar-refractivity contribution is 5.67. The Bertz CT molecular complexity index is 934. The van der Waals surface area contributed by atoms with Crippen molar-refractivity contribution in [3.8, 4) is 5.75 Å². The average Bonchev–Trinajstić information content (AvgIpc) is 3.22. The van der Waals surface area contributed by atoms with Crippen LogP contribution >= 0.6 is 0 Å². The van der Waals surface area contributed by atoms with E-state index in [-0.39, 0.29) is 30.1 Å². The Hall–Kier alpha value is -3.35. The number of ether oxygens (including phenoxy) is 1. The molecule has 0 bridgehead atoms. The van der Waals surface area contributed by atoms with Crippen LogP contribution in [0.5, 0.6) is 5.75 Å². The highest BCUT2D eigenvalue weighted by Crippen LogP contribution is 2.34. The normalized spacial score (nSPS) is 12.4. The third kappa shape index (κ3) is 5.34. The zero-order valence-corrected chi connectivity index (χ0v) is 16.8. The summed E-state index contributed by atoms with van der Waals surface area (Å²) in [4.78, 5) is 12.3. The number of hydrogen-bond donors (Lipinski definition) is 2. The van der Waals surface area contributed by atoms with Crippen LogP contribution in [0.2, 0.25) is 0 Å². The van der Waals surface area contributed by atoms with Crippen molar-refractivity contribution in [2.45, 2.75) is 45.3 Å². The van der Waals surface area contributed by atoms with Gasteiger partial charge in [0.2, 0.25) is 12.3 Å². The number of phenolic OH excluding ortho intramolecular Hbond substituents is 1. The van der Waals surface area contributed by atoms with Crippen LogP contribution in [0.15, 0.2) is 59.3 Å². The molecule has 2 aromatic carbocycles. The third-order valence-electron chi connectivity index (χ3n) is 4.53. The predicted molar refractivity (Wildman–Crippen MR) is 107 cm³/mol. The van der Waals surface area contributed by atoms with Crippen molar-refractivity contribution in [1.82, 2.24) is 15.5 Å². The minimum Gasteiger partial charge on any atom is -0.507 e. The fourth-order valence-corrected chi connectivity index (χ4v) is 3.02. The Morgan fingerprint density at radius 3 is 2.59 bits per heavy atom. The molecule has 0 saturated heterocycles. The summed E-state index contributed by atoms with van der Waals surface area (Å²) < 4.78 is 10.6. The fraction of sp³-hybridized carbons (Fsp3) is 0.318. The zero-order valence-electron chi connectivity index (χ0n) is 16.8. The number of alkyl carbamates (subject to hydrolysis) is 1. The van der Waals surface area contributed by atoms with E-state index in [0.717, 1.165) is 11.1 Å². The molecule has 1 amide bonds. The Morgan fingerprint density at radius 1 is 1.17 bits per heavy atom. The van der Waals surface area contributed by atoms with Crippen molar-refractivity contribution in [2.75, 3.05) is 0 Å². The van der Waals surface area contributed by atoms with E-state index in [1.165, 1.54) is 6.39 Å². The number of nitrogens with one attached hydrogen (secondary N) is 1. The SMILES string of the molecule is CC(C)(C)c1cccc(CC(NC(=O)OCc2ccccc2)c2nnco2)c1O. The molecular weight excluding hydrogens is 370 g/mol. The second-order valence-corrected chi connectivity index (χ2v) is 7.80. The van der Waals surface area contributed by atoms with E-state index in [1.54, 1.807) is 0 Å². The largest absolute Gasteiger partial charge is 0.507 e. The maximum atomic E-state index is 12.3. The van der Waals surface area contributed by atoms with Crippen molar-refractivity contribution >= 4 is 6.09 Å². The molecule has 7 heteroatoms. The van der Waals surface area contributed by atoms with Crippen LogP contribution in [-0.4, -0.2) is 21.4 Å². The van der Waals surface area contributed by atoms with Crippen molar-refractivity contribution < 1.29 is 19.1 Å². The molecule has 1 atom stereocenters. The summed E-state index contributed by atoms with van der Waals surface area (Å²) in [6.45, 7) is 6.23. The Balaban J connectivity index is 1.74. The Morgan fingerprint density at radius 2 is 1.93 bits per heavy atom. The first kappa shape index (κ1) is 20.4. The molecule has 3 aromatic rings. The molecule has 0 radical (unpaired) electrons. The first-order chi connectivity index (χ1) is 13.8. The minimum absolute atomic E-state index is 0.147. The molecule has 2 N–H and O–H groups in total. The van der Waals surface area contributed by atoms with Crippen LogP contribution in [0.3, 0.4) is 0 Å². The molecule has 1 unspecified atom stereocenters. The van der Waals surface area contributed by atoms with Gasteiger partial charge >= 0.3 is 6.09 Å². The predicted octanol–water partition coefficient (Wildman–Crippen LogP) is 4.28. The lowest BCUT2D eigenvalue weighted by Gasteiger charge is -2.23. The molecule has 29 heavy (non-hydrogen) atoms. The maximum absolute atomic E-state index is 12.3. The number of aromatic nitrogens is 2. The third-order valence-corrected chi connectivity index (χ3v) is 4.53. The summed E-state index contributed by atoms with van der Waals surface area (Å²) in [6, 6.07) is 14.3. The molecule has 0 saturated carbocycles. The van der Waals surface area contributed by atoms with Gasteiger partial charge in [-0.3, -0.25) is 0 Å². The molecule has 0 fully saturated rings. The van der Waals surface area contributed by atoms with Crippen LogP contribution in [0.1, 0.15) is 49.4 Å². The van der Waals surface area contributed by atoms with Gasteiger partial charge in [-0.15, -0.1) is 10.2 Å². The number of amides is 1. The quantitative estimate of drug-likeness (QED) is 0.646. The molecule has 1 aromatic heterocycles. The monoisotopic (exact) mass is 395 g/mol. The van der Waals surface area contributed by atoms with Gasteiger partial charge in [0.25, 0.3) is 0 Å². The average molecular weight is 395 g/mol. The number of rotatable bonds is 6. The number of carbonyl (C=O) groups is 1. The summed E-state index contributed by atoms with van der Waals surface area (Å²) in [5.41, 5.74) is 2.16. The number of nitrogens with zero attached hydrogens (tertiary/aromatic N) is 2. The van der Waals surface area contributed by atoms with Crippen LogP contribution in [0.25, 0.3) is 0 Å². The Labute approximate surface area is 169 Å². The summed E-state index contributed by atoms with van der Waals surface area (Å²) in [5, 5.41) is 21.1. The number of benzene rings is 2. The van der Waals surface area contributed by atoms with Crippen LogP contribution in [-0.2, 0) is 23.2 Å². The first-order valence-corrected chi connectivity index (χ1v) is 9.39. The highest BCUT2D eigenvalue weighted by Gasteiger charge is 2.25. The molecule has 0 aliphatic carbocycles. The van der Waals surface area contributed by atoms with E-state index in [9.17, 15) is 9.90 Å². The number of carbonyl (C=O) groups excluding carboxylic acids is 1. The minimum atomic E-state index is -0.637. The lowest BCUT2D eigenvalue weighted by molar-refractivity contribution is 0.133. The van der Waals surface area contributed by atoms with Gasteiger partial charge in [-0.1, -0.05) is 69.3 Å². The van der Waals surface area contributed by atoms with Gasteiger partial charge in [-0.2, -0.15) is 0 Å². The van der Waals surface area contributed by atoms with Gasteiger partial charge in [-0.25, -0.2) is 4.79 Å².